The molecule has 0 unspecified atom stereocenters. The molecule has 0 aliphatic rings. The second kappa shape index (κ2) is 3.60. The summed E-state index contributed by atoms with van der Waals surface area (Å²) in [5, 5.41) is 0. The van der Waals surface area contributed by atoms with Crippen LogP contribution in [0.3, 0.4) is 0 Å². The Labute approximate surface area is 95.5 Å². The summed E-state index contributed by atoms with van der Waals surface area (Å²) in [6, 6.07) is 5.45. The van der Waals surface area contributed by atoms with Gasteiger partial charge in [-0.05, 0) is 12.1 Å². The quantitative estimate of drug-likeness (QED) is 0.610. The number of rotatable bonds is 2. The predicted molar refractivity (Wildman–Crippen MR) is 62.3 cm³/mol. The average molecular weight is 230 g/mol. The number of aromatic nitrogens is 3. The molecule has 2 heterocycles. The average Bonchev–Trinajstić information content (AvgIpc) is 2.92. The van der Waals surface area contributed by atoms with E-state index in [4.69, 9.17) is 10.2 Å². The molecule has 6 heteroatoms. The highest BCUT2D eigenvalue weighted by molar-refractivity contribution is 5.78. The molecular formula is C11H10N4O2. The number of nitrogens with one attached hydrogen (secondary N) is 2. The normalized spacial score (nSPS) is 11.1. The minimum Gasteiger partial charge on any atom is -0.408 e. The van der Waals surface area contributed by atoms with Gasteiger partial charge < -0.3 is 15.1 Å². The molecule has 0 radical (unpaired) electrons. The van der Waals surface area contributed by atoms with Gasteiger partial charge in [0, 0.05) is 5.56 Å². The molecule has 2 aromatic heterocycles. The van der Waals surface area contributed by atoms with Crippen molar-refractivity contribution in [3.05, 3.63) is 40.8 Å². The summed E-state index contributed by atoms with van der Waals surface area (Å²) in [6.07, 6.45) is 1.70. The van der Waals surface area contributed by atoms with Crippen molar-refractivity contribution >= 4 is 11.1 Å². The molecule has 6 nitrogen and oxygen atoms in total. The maximum absolute atomic E-state index is 11.0. The molecule has 0 bridgehead atoms. The first-order chi connectivity index (χ1) is 8.26. The van der Waals surface area contributed by atoms with Gasteiger partial charge in [-0.2, -0.15) is 0 Å². The van der Waals surface area contributed by atoms with E-state index in [-0.39, 0.29) is 0 Å². The van der Waals surface area contributed by atoms with Gasteiger partial charge in [0.15, 0.2) is 5.58 Å². The Kier molecular flexibility index (Phi) is 2.09. The van der Waals surface area contributed by atoms with Gasteiger partial charge in [0.2, 0.25) is 0 Å². The van der Waals surface area contributed by atoms with Crippen LogP contribution in [-0.4, -0.2) is 15.0 Å². The maximum atomic E-state index is 11.0. The summed E-state index contributed by atoms with van der Waals surface area (Å²) in [5.74, 6) is 0.264. The highest BCUT2D eigenvalue weighted by Gasteiger charge is 2.06. The third-order valence-electron chi connectivity index (χ3n) is 2.55. The van der Waals surface area contributed by atoms with Gasteiger partial charge in [-0.15, -0.1) is 0 Å². The van der Waals surface area contributed by atoms with Crippen LogP contribution in [0.15, 0.2) is 33.6 Å². The lowest BCUT2D eigenvalue weighted by Crippen LogP contribution is -1.97. The maximum Gasteiger partial charge on any atom is 0.417 e. The Hall–Kier alpha value is -2.34. The summed E-state index contributed by atoms with van der Waals surface area (Å²) in [5.41, 5.74) is 8.42. The lowest BCUT2D eigenvalue weighted by molar-refractivity contribution is 0.555. The molecule has 3 rings (SSSR count). The number of H-pyrrole nitrogens is 2. The molecular weight excluding hydrogens is 220 g/mol. The van der Waals surface area contributed by atoms with Crippen molar-refractivity contribution < 1.29 is 4.42 Å². The fourth-order valence-electron chi connectivity index (χ4n) is 1.73. The van der Waals surface area contributed by atoms with E-state index in [9.17, 15) is 4.79 Å². The summed E-state index contributed by atoms with van der Waals surface area (Å²) >= 11 is 0. The van der Waals surface area contributed by atoms with E-state index in [2.05, 4.69) is 15.0 Å². The topological polar surface area (TPSA) is 101 Å². The van der Waals surface area contributed by atoms with E-state index in [1.807, 2.05) is 6.07 Å². The van der Waals surface area contributed by atoms with Gasteiger partial charge >= 0.3 is 5.76 Å². The Morgan fingerprint density at radius 3 is 3.00 bits per heavy atom. The van der Waals surface area contributed by atoms with E-state index >= 15 is 0 Å². The van der Waals surface area contributed by atoms with Gasteiger partial charge in [-0.25, -0.2) is 9.78 Å². The summed E-state index contributed by atoms with van der Waals surface area (Å²) < 4.78 is 4.99. The largest absolute Gasteiger partial charge is 0.417 e. The second-order valence-electron chi connectivity index (χ2n) is 3.67. The van der Waals surface area contributed by atoms with Crippen molar-refractivity contribution in [1.82, 2.24) is 15.0 Å². The zero-order valence-corrected chi connectivity index (χ0v) is 8.86. The molecule has 0 aliphatic carbocycles. The molecule has 86 valence electrons. The van der Waals surface area contributed by atoms with E-state index in [1.54, 1.807) is 18.3 Å². The van der Waals surface area contributed by atoms with Crippen molar-refractivity contribution in [3.63, 3.8) is 0 Å². The SMILES string of the molecule is NCc1ncc(-c2ccc3[nH]c(=O)oc3c2)[nH]1. The first-order valence-electron chi connectivity index (χ1n) is 5.13. The van der Waals surface area contributed by atoms with E-state index in [0.29, 0.717) is 17.6 Å². The number of hydrogen-bond acceptors (Lipinski definition) is 4. The van der Waals surface area contributed by atoms with Crippen LogP contribution < -0.4 is 11.5 Å². The lowest BCUT2D eigenvalue weighted by atomic mass is 10.1. The van der Waals surface area contributed by atoms with Crippen LogP contribution in [0, 0.1) is 0 Å². The number of nitrogens with zero attached hydrogens (tertiary/aromatic N) is 1. The van der Waals surface area contributed by atoms with E-state index in [1.165, 1.54) is 0 Å². The monoisotopic (exact) mass is 230 g/mol. The highest BCUT2D eigenvalue weighted by atomic mass is 16.4. The highest BCUT2D eigenvalue weighted by Crippen LogP contribution is 2.21. The van der Waals surface area contributed by atoms with Gasteiger partial charge in [-0.1, -0.05) is 6.07 Å². The lowest BCUT2D eigenvalue weighted by Gasteiger charge is -1.96. The number of benzene rings is 1. The van der Waals surface area contributed by atoms with Crippen LogP contribution in [0.25, 0.3) is 22.4 Å². The molecule has 0 fully saturated rings. The molecule has 17 heavy (non-hydrogen) atoms. The summed E-state index contributed by atoms with van der Waals surface area (Å²) in [4.78, 5) is 20.8. The number of fused-ring (bicyclic) bond motifs is 1. The Morgan fingerprint density at radius 2 is 2.24 bits per heavy atom. The van der Waals surface area contributed by atoms with Crippen LogP contribution >= 0.6 is 0 Å². The third kappa shape index (κ3) is 1.64. The van der Waals surface area contributed by atoms with Gasteiger partial charge in [0.1, 0.15) is 5.82 Å². The van der Waals surface area contributed by atoms with Crippen molar-refractivity contribution in [3.8, 4) is 11.3 Å². The molecule has 0 saturated heterocycles. The number of nitrogens with two attached hydrogens (primary N) is 1. The smallest absolute Gasteiger partial charge is 0.408 e. The fourth-order valence-corrected chi connectivity index (χ4v) is 1.73. The molecule has 0 amide bonds. The molecule has 0 saturated carbocycles. The standard InChI is InChI=1S/C11H10N4O2/c12-4-10-13-5-8(14-10)6-1-2-7-9(3-6)17-11(16)15-7/h1-3,5H,4,12H2,(H,13,14)(H,15,16). The van der Waals surface area contributed by atoms with Crippen molar-refractivity contribution in [2.24, 2.45) is 5.73 Å². The molecule has 0 spiro atoms. The van der Waals surface area contributed by atoms with Crippen molar-refractivity contribution in [2.45, 2.75) is 6.54 Å². The van der Waals surface area contributed by atoms with Crippen LogP contribution in [0.1, 0.15) is 5.82 Å². The Morgan fingerprint density at radius 1 is 1.35 bits per heavy atom. The number of oxazole rings is 1. The van der Waals surface area contributed by atoms with Crippen LogP contribution in [0.2, 0.25) is 0 Å². The number of aromatic amines is 2. The third-order valence-corrected chi connectivity index (χ3v) is 2.55. The van der Waals surface area contributed by atoms with Crippen LogP contribution in [-0.2, 0) is 6.54 Å². The molecule has 0 aliphatic heterocycles. The first kappa shape index (κ1) is 9.86. The molecule has 3 aromatic rings. The predicted octanol–water partition coefficient (Wildman–Crippen LogP) is 0.970. The molecule has 4 N–H and O–H groups in total. The van der Waals surface area contributed by atoms with Gasteiger partial charge in [-0.3, -0.25) is 4.98 Å². The zero-order valence-electron chi connectivity index (χ0n) is 8.86. The Bertz CT molecular complexity index is 722. The van der Waals surface area contributed by atoms with E-state index < -0.39 is 5.76 Å². The molecule has 1 aromatic carbocycles. The zero-order chi connectivity index (χ0) is 11.8. The summed E-state index contributed by atoms with van der Waals surface area (Å²) in [7, 11) is 0. The van der Waals surface area contributed by atoms with Gasteiger partial charge in [0.05, 0.1) is 24.0 Å². The van der Waals surface area contributed by atoms with Crippen molar-refractivity contribution in [2.75, 3.05) is 0 Å². The minimum absolute atomic E-state index is 0.363. The summed E-state index contributed by atoms with van der Waals surface area (Å²) in [6.45, 7) is 0.363. The number of hydrogen-bond donors (Lipinski definition) is 3. The first-order valence-corrected chi connectivity index (χ1v) is 5.13. The van der Waals surface area contributed by atoms with Crippen molar-refractivity contribution in [1.29, 1.82) is 0 Å². The minimum atomic E-state index is -0.454. The van der Waals surface area contributed by atoms with Gasteiger partial charge in [0.25, 0.3) is 0 Å². The van der Waals surface area contributed by atoms with E-state index in [0.717, 1.165) is 17.1 Å². The second-order valence-corrected chi connectivity index (χ2v) is 3.67. The van der Waals surface area contributed by atoms with Crippen LogP contribution in [0.5, 0.6) is 0 Å². The number of imidazole rings is 1. The molecule has 0 atom stereocenters. The Balaban J connectivity index is 2.13. The van der Waals surface area contributed by atoms with Crippen LogP contribution in [0.4, 0.5) is 0 Å². The fraction of sp³-hybridized carbons (Fsp3) is 0.0909.